The fourth-order valence-electron chi connectivity index (χ4n) is 2.80. The molecule has 0 aliphatic rings. The van der Waals surface area contributed by atoms with Gasteiger partial charge in [0.2, 0.25) is 0 Å². The van der Waals surface area contributed by atoms with Crippen LogP contribution in [0.2, 0.25) is 0 Å². The standard InChI is InChI=1S/C20H22F3N5/c1-24-19(26-13-14-8-10-15(11-9-14)20(21,22)23)25-12-4-7-18-27-16-5-2-3-6-17(16)28-18/h2-3,5-6,8-11H,4,7,12-13H2,1H3,(H,27,28)(H2,24,25,26). The van der Waals surface area contributed by atoms with Crippen molar-refractivity contribution in [2.24, 2.45) is 4.99 Å². The number of aryl methyl sites for hydroxylation is 1. The van der Waals surface area contributed by atoms with Gasteiger partial charge in [-0.3, -0.25) is 4.99 Å². The lowest BCUT2D eigenvalue weighted by Gasteiger charge is -2.12. The number of imidazole rings is 1. The lowest BCUT2D eigenvalue weighted by atomic mass is 10.1. The molecule has 0 saturated heterocycles. The number of para-hydroxylation sites is 2. The molecule has 148 valence electrons. The first-order chi connectivity index (χ1) is 13.5. The average molecular weight is 389 g/mol. The minimum Gasteiger partial charge on any atom is -0.356 e. The maximum Gasteiger partial charge on any atom is 0.416 e. The largest absolute Gasteiger partial charge is 0.416 e. The van der Waals surface area contributed by atoms with Crippen LogP contribution in [-0.4, -0.2) is 29.5 Å². The Balaban J connectivity index is 1.42. The molecule has 3 N–H and O–H groups in total. The van der Waals surface area contributed by atoms with Crippen LogP contribution in [0.5, 0.6) is 0 Å². The molecule has 0 atom stereocenters. The van der Waals surface area contributed by atoms with E-state index in [1.165, 1.54) is 12.1 Å². The first-order valence-electron chi connectivity index (χ1n) is 9.00. The van der Waals surface area contributed by atoms with Gasteiger partial charge < -0.3 is 15.6 Å². The van der Waals surface area contributed by atoms with Gasteiger partial charge in [-0.25, -0.2) is 4.98 Å². The molecule has 1 aromatic heterocycles. The highest BCUT2D eigenvalue weighted by Gasteiger charge is 2.29. The highest BCUT2D eigenvalue weighted by Crippen LogP contribution is 2.29. The Morgan fingerprint density at radius 2 is 1.82 bits per heavy atom. The quantitative estimate of drug-likeness (QED) is 0.341. The smallest absolute Gasteiger partial charge is 0.356 e. The maximum atomic E-state index is 12.6. The summed E-state index contributed by atoms with van der Waals surface area (Å²) in [6, 6.07) is 13.0. The molecular weight excluding hydrogens is 367 g/mol. The van der Waals surface area contributed by atoms with Crippen molar-refractivity contribution in [2.75, 3.05) is 13.6 Å². The number of rotatable bonds is 6. The second-order valence-corrected chi connectivity index (χ2v) is 6.35. The van der Waals surface area contributed by atoms with Crippen LogP contribution in [0.1, 0.15) is 23.4 Å². The molecule has 0 amide bonds. The number of halogens is 3. The number of nitrogens with zero attached hydrogens (tertiary/aromatic N) is 2. The molecule has 5 nitrogen and oxygen atoms in total. The van der Waals surface area contributed by atoms with Gasteiger partial charge >= 0.3 is 6.18 Å². The van der Waals surface area contributed by atoms with Gasteiger partial charge in [-0.2, -0.15) is 13.2 Å². The third kappa shape index (κ3) is 5.25. The number of nitrogens with one attached hydrogen (secondary N) is 3. The Bertz CT molecular complexity index is 896. The van der Waals surface area contributed by atoms with Crippen molar-refractivity contribution in [2.45, 2.75) is 25.6 Å². The predicted molar refractivity (Wildman–Crippen MR) is 104 cm³/mol. The van der Waals surface area contributed by atoms with Crippen LogP contribution >= 0.6 is 0 Å². The van der Waals surface area contributed by atoms with E-state index in [9.17, 15) is 13.2 Å². The minimum atomic E-state index is -4.32. The summed E-state index contributed by atoms with van der Waals surface area (Å²) in [5.74, 6) is 1.54. The third-order valence-corrected chi connectivity index (χ3v) is 4.29. The Morgan fingerprint density at radius 3 is 2.50 bits per heavy atom. The van der Waals surface area contributed by atoms with Crippen molar-refractivity contribution < 1.29 is 13.2 Å². The molecular formula is C20H22F3N5. The van der Waals surface area contributed by atoms with Crippen molar-refractivity contribution in [1.29, 1.82) is 0 Å². The van der Waals surface area contributed by atoms with Crippen LogP contribution in [0.15, 0.2) is 53.5 Å². The maximum absolute atomic E-state index is 12.6. The SMILES string of the molecule is CN=C(NCCCc1nc2ccccc2[nH]1)NCc1ccc(C(F)(F)F)cc1. The molecule has 0 saturated carbocycles. The van der Waals surface area contributed by atoms with E-state index in [1.807, 2.05) is 24.3 Å². The van der Waals surface area contributed by atoms with Crippen LogP contribution < -0.4 is 10.6 Å². The van der Waals surface area contributed by atoms with E-state index in [1.54, 1.807) is 7.05 Å². The van der Waals surface area contributed by atoms with E-state index >= 15 is 0 Å². The van der Waals surface area contributed by atoms with Crippen molar-refractivity contribution in [3.63, 3.8) is 0 Å². The summed E-state index contributed by atoms with van der Waals surface area (Å²) in [5.41, 5.74) is 2.08. The highest BCUT2D eigenvalue weighted by molar-refractivity contribution is 5.79. The first kappa shape index (κ1) is 19.7. The van der Waals surface area contributed by atoms with E-state index in [-0.39, 0.29) is 0 Å². The zero-order chi connectivity index (χ0) is 20.0. The fourth-order valence-corrected chi connectivity index (χ4v) is 2.80. The third-order valence-electron chi connectivity index (χ3n) is 4.29. The summed E-state index contributed by atoms with van der Waals surface area (Å²) >= 11 is 0. The van der Waals surface area contributed by atoms with Crippen molar-refractivity contribution in [3.05, 3.63) is 65.5 Å². The number of alkyl halides is 3. The lowest BCUT2D eigenvalue weighted by molar-refractivity contribution is -0.137. The molecule has 0 aliphatic heterocycles. The summed E-state index contributed by atoms with van der Waals surface area (Å²) < 4.78 is 37.8. The molecule has 0 radical (unpaired) electrons. The van der Waals surface area contributed by atoms with Gasteiger partial charge in [-0.1, -0.05) is 24.3 Å². The van der Waals surface area contributed by atoms with E-state index < -0.39 is 11.7 Å². The number of aromatic amines is 1. The molecule has 0 aliphatic carbocycles. The van der Waals surface area contributed by atoms with E-state index in [4.69, 9.17) is 0 Å². The number of fused-ring (bicyclic) bond motifs is 1. The number of guanidine groups is 1. The molecule has 8 heteroatoms. The summed E-state index contributed by atoms with van der Waals surface area (Å²) in [5, 5.41) is 6.29. The number of hydrogen-bond acceptors (Lipinski definition) is 2. The summed E-state index contributed by atoms with van der Waals surface area (Å²) in [4.78, 5) is 12.0. The first-order valence-corrected chi connectivity index (χ1v) is 9.00. The molecule has 3 aromatic rings. The van der Waals surface area contributed by atoms with Gasteiger partial charge in [-0.05, 0) is 36.2 Å². The van der Waals surface area contributed by atoms with Crippen LogP contribution in [0.4, 0.5) is 13.2 Å². The molecule has 1 heterocycles. The van der Waals surface area contributed by atoms with E-state index in [0.717, 1.165) is 47.4 Å². The van der Waals surface area contributed by atoms with Gasteiger partial charge in [-0.15, -0.1) is 0 Å². The molecule has 0 fully saturated rings. The molecule has 3 rings (SSSR count). The Labute approximate surface area is 161 Å². The summed E-state index contributed by atoms with van der Waals surface area (Å²) in [6.07, 6.45) is -2.65. The van der Waals surface area contributed by atoms with E-state index in [0.29, 0.717) is 19.0 Å². The number of H-pyrrole nitrogens is 1. The molecule has 0 bridgehead atoms. The second kappa shape index (κ2) is 8.77. The fraction of sp³-hybridized carbons (Fsp3) is 0.300. The average Bonchev–Trinajstić information content (AvgIpc) is 3.10. The van der Waals surface area contributed by atoms with Gasteiger partial charge in [0.15, 0.2) is 5.96 Å². The second-order valence-electron chi connectivity index (χ2n) is 6.35. The van der Waals surface area contributed by atoms with Gasteiger partial charge in [0, 0.05) is 26.6 Å². The number of benzene rings is 2. The number of aromatic nitrogens is 2. The van der Waals surface area contributed by atoms with Crippen molar-refractivity contribution >= 4 is 17.0 Å². The Hall–Kier alpha value is -3.03. The predicted octanol–water partition coefficient (Wildman–Crippen LogP) is 3.88. The monoisotopic (exact) mass is 389 g/mol. The molecule has 2 aromatic carbocycles. The summed E-state index contributed by atoms with van der Waals surface area (Å²) in [6.45, 7) is 1.09. The summed E-state index contributed by atoms with van der Waals surface area (Å²) in [7, 11) is 1.65. The zero-order valence-electron chi connectivity index (χ0n) is 15.5. The van der Waals surface area contributed by atoms with Gasteiger partial charge in [0.1, 0.15) is 5.82 Å². The van der Waals surface area contributed by atoms with Crippen LogP contribution in [-0.2, 0) is 19.1 Å². The van der Waals surface area contributed by atoms with Crippen LogP contribution in [0, 0.1) is 0 Å². The van der Waals surface area contributed by atoms with E-state index in [2.05, 4.69) is 25.6 Å². The van der Waals surface area contributed by atoms with Crippen LogP contribution in [0.3, 0.4) is 0 Å². The number of hydrogen-bond donors (Lipinski definition) is 3. The molecule has 0 unspecified atom stereocenters. The highest BCUT2D eigenvalue weighted by atomic mass is 19.4. The molecule has 0 spiro atoms. The Morgan fingerprint density at radius 1 is 1.07 bits per heavy atom. The van der Waals surface area contributed by atoms with Crippen LogP contribution in [0.25, 0.3) is 11.0 Å². The molecule has 28 heavy (non-hydrogen) atoms. The van der Waals surface area contributed by atoms with Gasteiger partial charge in [0.25, 0.3) is 0 Å². The zero-order valence-corrected chi connectivity index (χ0v) is 15.5. The Kier molecular flexibility index (Phi) is 6.18. The topological polar surface area (TPSA) is 65.1 Å². The minimum absolute atomic E-state index is 0.390. The normalized spacial score (nSPS) is 12.4. The number of aliphatic imine (C=N–C) groups is 1. The lowest BCUT2D eigenvalue weighted by Crippen LogP contribution is -2.37. The van der Waals surface area contributed by atoms with Crippen molar-refractivity contribution in [1.82, 2.24) is 20.6 Å². The van der Waals surface area contributed by atoms with Crippen molar-refractivity contribution in [3.8, 4) is 0 Å². The van der Waals surface area contributed by atoms with Gasteiger partial charge in [0.05, 0.1) is 16.6 Å².